The normalized spacial score (nSPS) is 20.4. The van der Waals surface area contributed by atoms with Gasteiger partial charge in [0.15, 0.2) is 0 Å². The second kappa shape index (κ2) is 10.5. The molecule has 6 rings (SSSR count). The van der Waals surface area contributed by atoms with Gasteiger partial charge in [0.2, 0.25) is 5.88 Å². The van der Waals surface area contributed by atoms with Crippen molar-refractivity contribution in [3.63, 3.8) is 0 Å². The van der Waals surface area contributed by atoms with Crippen LogP contribution in [0.4, 0.5) is 18.0 Å². The summed E-state index contributed by atoms with van der Waals surface area (Å²) in [5, 5.41) is 2.50. The van der Waals surface area contributed by atoms with Crippen molar-refractivity contribution in [2.45, 2.75) is 19.5 Å². The number of halogens is 3. The van der Waals surface area contributed by atoms with Gasteiger partial charge in [0.05, 0.1) is 12.5 Å². The van der Waals surface area contributed by atoms with Gasteiger partial charge < -0.3 is 18.9 Å². The van der Waals surface area contributed by atoms with Gasteiger partial charge in [0, 0.05) is 39.8 Å². The highest BCUT2D eigenvalue weighted by Gasteiger charge is 2.56. The van der Waals surface area contributed by atoms with Crippen molar-refractivity contribution in [1.29, 1.82) is 0 Å². The van der Waals surface area contributed by atoms with E-state index in [-0.39, 0.29) is 18.2 Å². The van der Waals surface area contributed by atoms with Crippen LogP contribution < -0.4 is 9.47 Å². The monoisotopic (exact) mass is 550 g/mol. The Morgan fingerprint density at radius 3 is 2.55 bits per heavy atom. The van der Waals surface area contributed by atoms with Gasteiger partial charge in [-0.05, 0) is 51.8 Å². The number of carbonyl (C=O) groups excluding carboxylic acids is 1. The van der Waals surface area contributed by atoms with E-state index in [0.717, 1.165) is 19.6 Å². The summed E-state index contributed by atoms with van der Waals surface area (Å²) < 4.78 is 49.5. The van der Waals surface area contributed by atoms with E-state index in [2.05, 4.69) is 51.0 Å². The molecule has 2 heterocycles. The molecule has 7 nitrogen and oxygen atoms in total. The molecule has 1 amide bonds. The highest BCUT2D eigenvalue weighted by atomic mass is 19.4. The van der Waals surface area contributed by atoms with E-state index in [4.69, 9.17) is 4.74 Å². The zero-order valence-corrected chi connectivity index (χ0v) is 21.9. The average Bonchev–Trinajstić information content (AvgIpc) is 3.19. The predicted molar refractivity (Wildman–Crippen MR) is 142 cm³/mol. The third kappa shape index (κ3) is 5.91. The number of ether oxygens (including phenoxy) is 2. The molecule has 0 radical (unpaired) electrons. The number of benzene rings is 3. The number of fused-ring (bicyclic) bond motifs is 2. The maximum absolute atomic E-state index is 13.2. The van der Waals surface area contributed by atoms with Crippen LogP contribution in [0, 0.1) is 17.8 Å². The Bertz CT molecular complexity index is 1500. The first kappa shape index (κ1) is 26.2. The van der Waals surface area contributed by atoms with E-state index in [1.807, 2.05) is 6.07 Å². The van der Waals surface area contributed by atoms with Crippen molar-refractivity contribution in [1.82, 2.24) is 19.4 Å². The van der Waals surface area contributed by atoms with Crippen LogP contribution in [0.5, 0.6) is 11.6 Å². The predicted octanol–water partition coefficient (Wildman–Crippen LogP) is 5.85. The van der Waals surface area contributed by atoms with Crippen LogP contribution in [0.25, 0.3) is 10.8 Å². The standard InChI is InChI=1S/C30H29F3N4O3/c1-35-18-28(34-19-35)39-29(38)37(13-20-6-4-10-23(12-20)40-30(31,32)33)17-27-25-15-36(16-26(25)27)14-22-9-5-8-21-7-2-3-11-24(21)22/h2-12,18-19,25-27H,13-17H2,1H3. The number of hydrogen-bond donors (Lipinski definition) is 0. The number of hydrogen-bond acceptors (Lipinski definition) is 5. The lowest BCUT2D eigenvalue weighted by molar-refractivity contribution is -0.274. The average molecular weight is 551 g/mol. The molecule has 40 heavy (non-hydrogen) atoms. The molecule has 10 heteroatoms. The minimum absolute atomic E-state index is 0.0936. The summed E-state index contributed by atoms with van der Waals surface area (Å²) in [5.41, 5.74) is 1.82. The molecule has 1 saturated heterocycles. The van der Waals surface area contributed by atoms with Crippen LogP contribution >= 0.6 is 0 Å². The Kier molecular flexibility index (Phi) is 6.87. The molecule has 0 spiro atoms. The number of carbonyl (C=O) groups is 1. The van der Waals surface area contributed by atoms with Gasteiger partial charge in [-0.2, -0.15) is 0 Å². The number of aromatic nitrogens is 2. The minimum Gasteiger partial charge on any atom is -0.406 e. The van der Waals surface area contributed by atoms with E-state index < -0.39 is 12.5 Å². The zero-order chi connectivity index (χ0) is 27.9. The van der Waals surface area contributed by atoms with Gasteiger partial charge in [-0.1, -0.05) is 54.6 Å². The fourth-order valence-electron chi connectivity index (χ4n) is 5.92. The summed E-state index contributed by atoms with van der Waals surface area (Å²) >= 11 is 0. The third-order valence-electron chi connectivity index (χ3n) is 7.79. The molecule has 2 atom stereocenters. The molecule has 3 aromatic carbocycles. The van der Waals surface area contributed by atoms with E-state index in [0.29, 0.717) is 29.9 Å². The molecule has 208 valence electrons. The molecular formula is C30H29F3N4O3. The second-order valence-corrected chi connectivity index (χ2v) is 10.6. The summed E-state index contributed by atoms with van der Waals surface area (Å²) in [6, 6.07) is 20.5. The molecule has 2 fully saturated rings. The third-order valence-corrected chi connectivity index (χ3v) is 7.79. The lowest BCUT2D eigenvalue weighted by atomic mass is 10.0. The van der Waals surface area contributed by atoms with Crippen LogP contribution in [0.15, 0.2) is 79.3 Å². The van der Waals surface area contributed by atoms with Crippen LogP contribution in [-0.2, 0) is 20.1 Å². The molecule has 0 N–H and O–H groups in total. The van der Waals surface area contributed by atoms with Crippen LogP contribution in [0.3, 0.4) is 0 Å². The highest BCUT2D eigenvalue weighted by Crippen LogP contribution is 2.52. The lowest BCUT2D eigenvalue weighted by Crippen LogP contribution is -2.36. The van der Waals surface area contributed by atoms with Gasteiger partial charge in [-0.15, -0.1) is 13.2 Å². The number of nitrogens with zero attached hydrogens (tertiary/aromatic N) is 4. The molecule has 1 aliphatic carbocycles. The van der Waals surface area contributed by atoms with E-state index in [1.54, 1.807) is 28.8 Å². The van der Waals surface area contributed by atoms with Crippen molar-refractivity contribution in [3.8, 4) is 11.6 Å². The number of piperidine rings is 1. The zero-order valence-electron chi connectivity index (χ0n) is 21.9. The minimum atomic E-state index is -4.79. The van der Waals surface area contributed by atoms with Crippen LogP contribution in [0.2, 0.25) is 0 Å². The molecule has 1 aliphatic heterocycles. The number of rotatable bonds is 8. The number of imidazole rings is 1. The molecule has 1 saturated carbocycles. The van der Waals surface area contributed by atoms with Crippen molar-refractivity contribution in [3.05, 3.63) is 90.4 Å². The Morgan fingerprint density at radius 2 is 1.80 bits per heavy atom. The Labute approximate surface area is 229 Å². The van der Waals surface area contributed by atoms with Crippen LogP contribution in [-0.4, -0.2) is 51.4 Å². The molecular weight excluding hydrogens is 521 g/mol. The van der Waals surface area contributed by atoms with Gasteiger partial charge in [-0.3, -0.25) is 4.90 Å². The van der Waals surface area contributed by atoms with Crippen LogP contribution in [0.1, 0.15) is 11.1 Å². The number of amides is 1. The molecule has 1 aromatic heterocycles. The van der Waals surface area contributed by atoms with Gasteiger partial charge in [0.25, 0.3) is 0 Å². The number of aryl methyl sites for hydroxylation is 1. The van der Waals surface area contributed by atoms with E-state index >= 15 is 0 Å². The quantitative estimate of drug-likeness (QED) is 0.276. The summed E-state index contributed by atoms with van der Waals surface area (Å²) in [6.07, 6.45) is -2.26. The molecule has 4 aromatic rings. The highest BCUT2D eigenvalue weighted by molar-refractivity contribution is 5.85. The Balaban J connectivity index is 1.12. The van der Waals surface area contributed by atoms with E-state index in [9.17, 15) is 18.0 Å². The maximum Gasteiger partial charge on any atom is 0.573 e. The molecule has 2 aliphatic rings. The topological polar surface area (TPSA) is 59.8 Å². The van der Waals surface area contributed by atoms with Gasteiger partial charge >= 0.3 is 12.5 Å². The molecule has 2 unspecified atom stereocenters. The fraction of sp³-hybridized carbons (Fsp3) is 0.333. The first-order chi connectivity index (χ1) is 19.2. The summed E-state index contributed by atoms with van der Waals surface area (Å²) in [5.74, 6) is 1.06. The first-order valence-electron chi connectivity index (χ1n) is 13.2. The van der Waals surface area contributed by atoms with Crippen molar-refractivity contribution in [2.75, 3.05) is 19.6 Å². The number of likely N-dealkylation sites (tertiary alicyclic amines) is 1. The Morgan fingerprint density at radius 1 is 1.05 bits per heavy atom. The van der Waals surface area contributed by atoms with Gasteiger partial charge in [-0.25, -0.2) is 9.78 Å². The van der Waals surface area contributed by atoms with Crippen molar-refractivity contribution < 1.29 is 27.4 Å². The summed E-state index contributed by atoms with van der Waals surface area (Å²) in [6.45, 7) is 3.30. The van der Waals surface area contributed by atoms with E-state index in [1.165, 1.54) is 40.9 Å². The van der Waals surface area contributed by atoms with Crippen molar-refractivity contribution >= 4 is 16.9 Å². The summed E-state index contributed by atoms with van der Waals surface area (Å²) in [4.78, 5) is 21.3. The first-order valence-corrected chi connectivity index (χ1v) is 13.2. The van der Waals surface area contributed by atoms with Crippen molar-refractivity contribution in [2.24, 2.45) is 24.8 Å². The SMILES string of the molecule is Cn1cnc(OC(=O)N(Cc2cccc(OC(F)(F)F)c2)CC2C3CN(Cc4cccc5ccccc45)CC32)c1. The van der Waals surface area contributed by atoms with Gasteiger partial charge in [0.1, 0.15) is 5.75 Å². The lowest BCUT2D eigenvalue weighted by Gasteiger charge is -2.25. The molecule has 0 bridgehead atoms. The number of alkyl halides is 3. The largest absolute Gasteiger partial charge is 0.573 e. The second-order valence-electron chi connectivity index (χ2n) is 10.6. The smallest absolute Gasteiger partial charge is 0.406 e. The Hall–Kier alpha value is -4.05. The maximum atomic E-state index is 13.2. The fourth-order valence-corrected chi connectivity index (χ4v) is 5.92. The summed E-state index contributed by atoms with van der Waals surface area (Å²) in [7, 11) is 1.77.